The minimum Gasteiger partial charge on any atom is -0.334 e. The van der Waals surface area contributed by atoms with Crippen molar-refractivity contribution >= 4 is 40.3 Å². The van der Waals surface area contributed by atoms with Crippen LogP contribution in [-0.4, -0.2) is 32.4 Å². The smallest absolute Gasteiger partial charge is 0.255 e. The third kappa shape index (κ3) is 3.84. The highest BCUT2D eigenvalue weighted by Gasteiger charge is 2.20. The zero-order valence-electron chi connectivity index (χ0n) is 14.9. The summed E-state index contributed by atoms with van der Waals surface area (Å²) >= 11 is 12.2. The molecule has 1 aromatic carbocycles. The van der Waals surface area contributed by atoms with E-state index in [1.165, 1.54) is 0 Å². The van der Waals surface area contributed by atoms with Crippen LogP contribution in [0, 0.1) is 5.92 Å². The Morgan fingerprint density at radius 3 is 2.77 bits per heavy atom. The summed E-state index contributed by atoms with van der Waals surface area (Å²) in [5.74, 6) is 1.02. The molecule has 5 nitrogen and oxygen atoms in total. The maximum atomic E-state index is 12.8. The zero-order valence-corrected chi connectivity index (χ0v) is 16.4. The Balaban J connectivity index is 1.92. The lowest BCUT2D eigenvalue weighted by molar-refractivity contribution is 0.0780. The van der Waals surface area contributed by atoms with Crippen LogP contribution in [0.2, 0.25) is 10.0 Å². The van der Waals surface area contributed by atoms with E-state index in [2.05, 4.69) is 28.4 Å². The SMILES string of the molecule is CC(C)Cn1c(CN(C)C(=O)c2cc(Cl)ccc2Cl)nc2cccnc21. The number of fused-ring (bicyclic) bond motifs is 1. The van der Waals surface area contributed by atoms with Crippen LogP contribution in [-0.2, 0) is 13.1 Å². The van der Waals surface area contributed by atoms with Crippen LogP contribution in [0.25, 0.3) is 11.2 Å². The predicted octanol–water partition coefficient (Wildman–Crippen LogP) is 4.67. The van der Waals surface area contributed by atoms with Crippen LogP contribution >= 0.6 is 23.2 Å². The second kappa shape index (κ2) is 7.64. The molecule has 7 heteroatoms. The average Bonchev–Trinajstić information content (AvgIpc) is 2.93. The first-order chi connectivity index (χ1) is 12.4. The monoisotopic (exact) mass is 390 g/mol. The van der Waals surface area contributed by atoms with Crippen molar-refractivity contribution in [3.63, 3.8) is 0 Å². The molecule has 0 N–H and O–H groups in total. The molecular formula is C19H20Cl2N4O. The molecule has 0 aliphatic carbocycles. The number of rotatable bonds is 5. The Bertz CT molecular complexity index is 952. The van der Waals surface area contributed by atoms with Crippen LogP contribution in [0.1, 0.15) is 30.0 Å². The van der Waals surface area contributed by atoms with E-state index in [9.17, 15) is 4.79 Å². The lowest BCUT2D eigenvalue weighted by Gasteiger charge is -2.19. The molecule has 0 aliphatic rings. The number of halogens is 2. The normalized spacial score (nSPS) is 11.3. The van der Waals surface area contributed by atoms with E-state index in [-0.39, 0.29) is 5.91 Å². The maximum absolute atomic E-state index is 12.8. The highest BCUT2D eigenvalue weighted by molar-refractivity contribution is 6.35. The summed E-state index contributed by atoms with van der Waals surface area (Å²) in [6.07, 6.45) is 1.76. The fourth-order valence-electron chi connectivity index (χ4n) is 2.83. The van der Waals surface area contributed by atoms with Crippen molar-refractivity contribution in [2.24, 2.45) is 5.92 Å². The van der Waals surface area contributed by atoms with Crippen LogP contribution in [0.15, 0.2) is 36.5 Å². The molecule has 0 aliphatic heterocycles. The fourth-order valence-corrected chi connectivity index (χ4v) is 3.20. The van der Waals surface area contributed by atoms with Gasteiger partial charge in [0.1, 0.15) is 11.3 Å². The Morgan fingerprint density at radius 2 is 2.04 bits per heavy atom. The number of benzene rings is 1. The average molecular weight is 391 g/mol. The molecule has 3 rings (SSSR count). The molecule has 0 saturated heterocycles. The minimum absolute atomic E-state index is 0.200. The molecule has 0 bridgehead atoms. The first-order valence-corrected chi connectivity index (χ1v) is 9.13. The van der Waals surface area contributed by atoms with Gasteiger partial charge in [-0.2, -0.15) is 0 Å². The number of pyridine rings is 1. The summed E-state index contributed by atoms with van der Waals surface area (Å²) in [4.78, 5) is 23.5. The highest BCUT2D eigenvalue weighted by Crippen LogP contribution is 2.23. The van der Waals surface area contributed by atoms with Crippen molar-refractivity contribution in [2.75, 3.05) is 7.05 Å². The fraction of sp³-hybridized carbons (Fsp3) is 0.316. The molecule has 26 heavy (non-hydrogen) atoms. The Morgan fingerprint density at radius 1 is 1.27 bits per heavy atom. The molecule has 0 saturated carbocycles. The van der Waals surface area contributed by atoms with Crippen molar-refractivity contribution in [1.29, 1.82) is 0 Å². The molecule has 136 valence electrons. The number of nitrogens with zero attached hydrogens (tertiary/aromatic N) is 4. The summed E-state index contributed by atoms with van der Waals surface area (Å²) in [6.45, 7) is 5.41. The van der Waals surface area contributed by atoms with Gasteiger partial charge in [0.2, 0.25) is 0 Å². The zero-order chi connectivity index (χ0) is 18.8. The van der Waals surface area contributed by atoms with Gasteiger partial charge >= 0.3 is 0 Å². The van der Waals surface area contributed by atoms with E-state index in [0.29, 0.717) is 28.1 Å². The first-order valence-electron chi connectivity index (χ1n) is 8.37. The largest absolute Gasteiger partial charge is 0.334 e. The van der Waals surface area contributed by atoms with Crippen molar-refractivity contribution in [2.45, 2.75) is 26.9 Å². The third-order valence-corrected chi connectivity index (χ3v) is 4.58. The van der Waals surface area contributed by atoms with Crippen molar-refractivity contribution < 1.29 is 4.79 Å². The Labute approximate surface area is 162 Å². The van der Waals surface area contributed by atoms with E-state index in [4.69, 9.17) is 23.2 Å². The van der Waals surface area contributed by atoms with Crippen LogP contribution < -0.4 is 0 Å². The van der Waals surface area contributed by atoms with E-state index >= 15 is 0 Å². The standard InChI is InChI=1S/C19H20Cl2N4O/c1-12(2)10-25-17(23-16-5-4-8-22-18(16)25)11-24(3)19(26)14-9-13(20)6-7-15(14)21/h4-9,12H,10-11H2,1-3H3. The number of amides is 1. The summed E-state index contributed by atoms with van der Waals surface area (Å²) in [5.41, 5.74) is 2.04. The van der Waals surface area contributed by atoms with Crippen molar-refractivity contribution in [3.8, 4) is 0 Å². The summed E-state index contributed by atoms with van der Waals surface area (Å²) in [5, 5.41) is 0.853. The molecular weight excluding hydrogens is 371 g/mol. The van der Waals surface area contributed by atoms with Crippen molar-refractivity contribution in [1.82, 2.24) is 19.4 Å². The lowest BCUT2D eigenvalue weighted by Crippen LogP contribution is -2.28. The Kier molecular flexibility index (Phi) is 5.49. The van der Waals surface area contributed by atoms with Crippen LogP contribution in [0.4, 0.5) is 0 Å². The molecule has 1 amide bonds. The quantitative estimate of drug-likeness (QED) is 0.635. The number of aromatic nitrogens is 3. The van der Waals surface area contributed by atoms with Gasteiger partial charge in [0.05, 0.1) is 17.1 Å². The molecule has 3 aromatic rings. The van der Waals surface area contributed by atoms with E-state index in [1.807, 2.05) is 12.1 Å². The van der Waals surface area contributed by atoms with Gasteiger partial charge in [0, 0.05) is 24.8 Å². The Hall–Kier alpha value is -2.11. The molecule has 0 fully saturated rings. The van der Waals surface area contributed by atoms with Crippen LogP contribution in [0.5, 0.6) is 0 Å². The number of hydrogen-bond acceptors (Lipinski definition) is 3. The molecule has 2 heterocycles. The van der Waals surface area contributed by atoms with Gasteiger partial charge in [-0.3, -0.25) is 4.79 Å². The molecule has 0 atom stereocenters. The number of carbonyl (C=O) groups is 1. The van der Waals surface area contributed by atoms with Gasteiger partial charge in [-0.15, -0.1) is 0 Å². The van der Waals surface area contributed by atoms with Gasteiger partial charge in [0.15, 0.2) is 5.65 Å². The third-order valence-electron chi connectivity index (χ3n) is 4.01. The van der Waals surface area contributed by atoms with E-state index in [1.54, 1.807) is 36.3 Å². The molecule has 0 unspecified atom stereocenters. The molecule has 2 aromatic heterocycles. The number of hydrogen-bond donors (Lipinski definition) is 0. The maximum Gasteiger partial charge on any atom is 0.255 e. The first kappa shape index (κ1) is 18.7. The van der Waals surface area contributed by atoms with Gasteiger partial charge in [-0.25, -0.2) is 9.97 Å². The topological polar surface area (TPSA) is 51.0 Å². The summed E-state index contributed by atoms with van der Waals surface area (Å²) < 4.78 is 2.07. The van der Waals surface area contributed by atoms with E-state index < -0.39 is 0 Å². The van der Waals surface area contributed by atoms with Gasteiger partial charge in [-0.05, 0) is 36.2 Å². The minimum atomic E-state index is -0.200. The summed E-state index contributed by atoms with van der Waals surface area (Å²) in [7, 11) is 1.73. The van der Waals surface area contributed by atoms with Crippen LogP contribution in [0.3, 0.4) is 0 Å². The highest BCUT2D eigenvalue weighted by atomic mass is 35.5. The number of imidazole rings is 1. The summed E-state index contributed by atoms with van der Waals surface area (Å²) in [6, 6.07) is 8.66. The molecule has 0 radical (unpaired) electrons. The van der Waals surface area contributed by atoms with Crippen molar-refractivity contribution in [3.05, 3.63) is 58.0 Å². The van der Waals surface area contributed by atoms with Gasteiger partial charge in [-0.1, -0.05) is 37.0 Å². The second-order valence-electron chi connectivity index (χ2n) is 6.66. The second-order valence-corrected chi connectivity index (χ2v) is 7.51. The van der Waals surface area contributed by atoms with Gasteiger partial charge < -0.3 is 9.47 Å². The molecule has 0 spiro atoms. The predicted molar refractivity (Wildman–Crippen MR) is 105 cm³/mol. The van der Waals surface area contributed by atoms with E-state index in [0.717, 1.165) is 23.5 Å². The lowest BCUT2D eigenvalue weighted by atomic mass is 10.2. The van der Waals surface area contributed by atoms with Gasteiger partial charge in [0.25, 0.3) is 5.91 Å². The number of carbonyl (C=O) groups excluding carboxylic acids is 1.